The molecule has 0 saturated carbocycles. The van der Waals surface area contributed by atoms with Crippen LogP contribution in [-0.4, -0.2) is 41.1 Å². The van der Waals surface area contributed by atoms with Crippen molar-refractivity contribution in [2.24, 2.45) is 0 Å². The van der Waals surface area contributed by atoms with E-state index in [2.05, 4.69) is 32.0 Å². The minimum absolute atomic E-state index is 0.250. The molecule has 0 spiro atoms. The zero-order chi connectivity index (χ0) is 17.6. The van der Waals surface area contributed by atoms with Crippen LogP contribution in [0.1, 0.15) is 17.0 Å². The quantitative estimate of drug-likeness (QED) is 0.686. The third kappa shape index (κ3) is 3.10. The van der Waals surface area contributed by atoms with E-state index >= 15 is 0 Å². The van der Waals surface area contributed by atoms with E-state index in [0.717, 1.165) is 29.4 Å². The average molecular weight is 358 g/mol. The monoisotopic (exact) mass is 358 g/mol. The first-order valence-corrected chi connectivity index (χ1v) is 9.90. The molecule has 0 unspecified atom stereocenters. The molecule has 8 heteroatoms. The Bertz CT molecular complexity index is 1080. The second-order valence-electron chi connectivity index (χ2n) is 6.41. The van der Waals surface area contributed by atoms with Crippen LogP contribution in [0.3, 0.4) is 0 Å². The molecule has 130 valence electrons. The lowest BCUT2D eigenvalue weighted by molar-refractivity contribution is 0.238. The highest BCUT2D eigenvalue weighted by Gasteiger charge is 2.23. The Morgan fingerprint density at radius 1 is 1.24 bits per heavy atom. The lowest BCUT2D eigenvalue weighted by Crippen LogP contribution is -2.36. The second-order valence-corrected chi connectivity index (χ2v) is 8.34. The number of hydrogen-bond acceptors (Lipinski definition) is 5. The third-order valence-corrected chi connectivity index (χ3v) is 5.35. The van der Waals surface area contributed by atoms with Gasteiger partial charge >= 0.3 is 0 Å². The molecular formula is C17H18N4O3S. The summed E-state index contributed by atoms with van der Waals surface area (Å²) >= 11 is 0. The van der Waals surface area contributed by atoms with E-state index in [4.69, 9.17) is 0 Å². The van der Waals surface area contributed by atoms with E-state index in [0.29, 0.717) is 30.8 Å². The molecule has 1 aliphatic heterocycles. The molecule has 1 aromatic carbocycles. The number of nitrogens with one attached hydrogen (secondary N) is 2. The van der Waals surface area contributed by atoms with Gasteiger partial charge in [0.25, 0.3) is 5.56 Å². The highest BCUT2D eigenvalue weighted by molar-refractivity contribution is 7.90. The molecule has 2 N–H and O–H groups in total. The van der Waals surface area contributed by atoms with Gasteiger partial charge in [0, 0.05) is 43.5 Å². The van der Waals surface area contributed by atoms with E-state index in [1.165, 1.54) is 0 Å². The van der Waals surface area contributed by atoms with Crippen molar-refractivity contribution in [3.05, 3.63) is 57.6 Å². The standard InChI is InChI=1S/C17H18N4O3S/c1-25(23,24)17-19-15-6-7-21(10-13(15)16(22)20-17)9-12-8-11-4-2-3-5-14(11)18-12/h2-5,8,18H,6-7,9-10H2,1H3,(H,19,20,22). The Morgan fingerprint density at radius 3 is 2.80 bits per heavy atom. The molecule has 7 nitrogen and oxygen atoms in total. The first kappa shape index (κ1) is 16.0. The fourth-order valence-corrected chi connectivity index (χ4v) is 3.78. The SMILES string of the molecule is CS(=O)(=O)c1nc2c(c(=O)[nH]1)CN(Cc1cc3ccccc3[nH]1)CC2. The molecule has 2 aromatic heterocycles. The number of H-pyrrole nitrogens is 2. The topological polar surface area (TPSA) is 98.9 Å². The number of aromatic amines is 2. The highest BCUT2D eigenvalue weighted by Crippen LogP contribution is 2.20. The normalized spacial score (nSPS) is 15.4. The van der Waals surface area contributed by atoms with Gasteiger partial charge in [0.2, 0.25) is 15.0 Å². The van der Waals surface area contributed by atoms with Crippen molar-refractivity contribution in [3.8, 4) is 0 Å². The van der Waals surface area contributed by atoms with Gasteiger partial charge < -0.3 is 4.98 Å². The molecule has 0 radical (unpaired) electrons. The minimum Gasteiger partial charge on any atom is -0.357 e. The Morgan fingerprint density at radius 2 is 2.04 bits per heavy atom. The molecule has 0 bridgehead atoms. The highest BCUT2D eigenvalue weighted by atomic mass is 32.2. The van der Waals surface area contributed by atoms with E-state index in [-0.39, 0.29) is 10.7 Å². The summed E-state index contributed by atoms with van der Waals surface area (Å²) in [5, 5.41) is 0.910. The molecule has 0 aliphatic carbocycles. The summed E-state index contributed by atoms with van der Waals surface area (Å²) in [6.07, 6.45) is 1.60. The van der Waals surface area contributed by atoms with Crippen LogP contribution in [0.5, 0.6) is 0 Å². The molecular weight excluding hydrogens is 340 g/mol. The molecule has 0 fully saturated rings. The summed E-state index contributed by atoms with van der Waals surface area (Å²) < 4.78 is 23.2. The molecule has 3 aromatic rings. The largest absolute Gasteiger partial charge is 0.357 e. The average Bonchev–Trinajstić information content (AvgIpc) is 2.96. The van der Waals surface area contributed by atoms with Gasteiger partial charge in [0.1, 0.15) is 0 Å². The maximum atomic E-state index is 12.3. The molecule has 1 aliphatic rings. The summed E-state index contributed by atoms with van der Waals surface area (Å²) in [6, 6.07) is 10.2. The van der Waals surface area contributed by atoms with E-state index in [1.54, 1.807) is 0 Å². The van der Waals surface area contributed by atoms with Gasteiger partial charge in [-0.15, -0.1) is 0 Å². The van der Waals surface area contributed by atoms with Gasteiger partial charge in [-0.1, -0.05) is 18.2 Å². The van der Waals surface area contributed by atoms with E-state index < -0.39 is 9.84 Å². The predicted octanol–water partition coefficient (Wildman–Crippen LogP) is 1.21. The van der Waals surface area contributed by atoms with Crippen LogP contribution in [0, 0.1) is 0 Å². The summed E-state index contributed by atoms with van der Waals surface area (Å²) in [5.41, 5.74) is 2.94. The molecule has 0 saturated heterocycles. The first-order chi connectivity index (χ1) is 11.9. The van der Waals surface area contributed by atoms with Crippen LogP contribution in [0.4, 0.5) is 0 Å². The number of aromatic nitrogens is 3. The summed E-state index contributed by atoms with van der Waals surface area (Å²) in [6.45, 7) is 1.88. The Kier molecular flexibility index (Phi) is 3.73. The van der Waals surface area contributed by atoms with Gasteiger partial charge in [0.15, 0.2) is 0 Å². The first-order valence-electron chi connectivity index (χ1n) is 8.01. The molecule has 3 heterocycles. The second kappa shape index (κ2) is 5.82. The Labute approximate surface area is 144 Å². The Balaban J connectivity index is 1.59. The van der Waals surface area contributed by atoms with Crippen molar-refractivity contribution in [1.82, 2.24) is 19.9 Å². The lowest BCUT2D eigenvalue weighted by Gasteiger charge is -2.27. The minimum atomic E-state index is -3.52. The van der Waals surface area contributed by atoms with Gasteiger partial charge in [-0.25, -0.2) is 13.4 Å². The van der Waals surface area contributed by atoms with Crippen LogP contribution in [0.15, 0.2) is 40.3 Å². The van der Waals surface area contributed by atoms with Crippen LogP contribution < -0.4 is 5.56 Å². The van der Waals surface area contributed by atoms with Crippen molar-refractivity contribution < 1.29 is 8.42 Å². The fourth-order valence-electron chi connectivity index (χ4n) is 3.23. The van der Waals surface area contributed by atoms with Crippen LogP contribution in [0.2, 0.25) is 0 Å². The number of nitrogens with zero attached hydrogens (tertiary/aromatic N) is 2. The summed E-state index contributed by atoms with van der Waals surface area (Å²) in [4.78, 5) is 24.4. The lowest BCUT2D eigenvalue weighted by atomic mass is 10.1. The maximum absolute atomic E-state index is 12.3. The van der Waals surface area contributed by atoms with Crippen LogP contribution >= 0.6 is 0 Å². The molecule has 0 amide bonds. The number of benzene rings is 1. The molecule has 0 atom stereocenters. The fraction of sp³-hybridized carbons (Fsp3) is 0.294. The number of sulfone groups is 1. The summed E-state index contributed by atoms with van der Waals surface area (Å²) in [5.74, 6) is 0. The van der Waals surface area contributed by atoms with E-state index in [9.17, 15) is 13.2 Å². The number of para-hydroxylation sites is 1. The van der Waals surface area contributed by atoms with Crippen LogP contribution in [-0.2, 0) is 29.3 Å². The van der Waals surface area contributed by atoms with Crippen molar-refractivity contribution in [3.63, 3.8) is 0 Å². The van der Waals surface area contributed by atoms with Gasteiger partial charge in [0.05, 0.1) is 11.3 Å². The zero-order valence-corrected chi connectivity index (χ0v) is 14.6. The zero-order valence-electron chi connectivity index (χ0n) is 13.7. The summed E-state index contributed by atoms with van der Waals surface area (Å²) in [7, 11) is -3.52. The smallest absolute Gasteiger partial charge is 0.256 e. The van der Waals surface area contributed by atoms with Crippen molar-refractivity contribution in [2.75, 3.05) is 12.8 Å². The number of hydrogen-bond donors (Lipinski definition) is 2. The van der Waals surface area contributed by atoms with Crippen molar-refractivity contribution >= 4 is 20.7 Å². The van der Waals surface area contributed by atoms with Gasteiger partial charge in [-0.05, 0) is 17.5 Å². The van der Waals surface area contributed by atoms with Crippen molar-refractivity contribution in [1.29, 1.82) is 0 Å². The van der Waals surface area contributed by atoms with Gasteiger partial charge in [-0.3, -0.25) is 14.7 Å². The van der Waals surface area contributed by atoms with Gasteiger partial charge in [-0.2, -0.15) is 0 Å². The van der Waals surface area contributed by atoms with E-state index in [1.807, 2.05) is 18.2 Å². The van der Waals surface area contributed by atoms with Crippen LogP contribution in [0.25, 0.3) is 10.9 Å². The number of fused-ring (bicyclic) bond motifs is 2. The molecule has 4 rings (SSSR count). The van der Waals surface area contributed by atoms with Crippen molar-refractivity contribution in [2.45, 2.75) is 24.7 Å². The molecule has 25 heavy (non-hydrogen) atoms. The maximum Gasteiger partial charge on any atom is 0.256 e. The predicted molar refractivity (Wildman–Crippen MR) is 94.1 cm³/mol. The third-order valence-electron chi connectivity index (χ3n) is 4.46. The Hall–Kier alpha value is -2.45. The number of rotatable bonds is 3.